The highest BCUT2D eigenvalue weighted by Gasteiger charge is 2.04. The molecule has 4 nitrogen and oxygen atoms in total. The number of nitrogens with zero attached hydrogens (tertiary/aromatic N) is 1. The van der Waals surface area contributed by atoms with Gasteiger partial charge < -0.3 is 10.6 Å². The summed E-state index contributed by atoms with van der Waals surface area (Å²) >= 11 is 0. The van der Waals surface area contributed by atoms with Crippen LogP contribution in [-0.4, -0.2) is 18.5 Å². The van der Waals surface area contributed by atoms with Crippen LogP contribution >= 0.6 is 0 Å². The molecule has 0 aliphatic heterocycles. The number of rotatable bonds is 5. The fourth-order valence-corrected chi connectivity index (χ4v) is 1.47. The summed E-state index contributed by atoms with van der Waals surface area (Å²) < 4.78 is 0. The molecule has 0 fully saturated rings. The Morgan fingerprint density at radius 1 is 1.41 bits per heavy atom. The van der Waals surface area contributed by atoms with E-state index >= 15 is 0 Å². The normalized spacial score (nSPS) is 10.0. The Bertz CT molecular complexity index is 421. The maximum Gasteiger partial charge on any atom is 0.234 e. The van der Waals surface area contributed by atoms with Gasteiger partial charge in [0.05, 0.1) is 18.2 Å². The molecule has 90 valence electrons. The van der Waals surface area contributed by atoms with Gasteiger partial charge in [0.1, 0.15) is 0 Å². The van der Waals surface area contributed by atoms with Crippen molar-refractivity contribution in [3.63, 3.8) is 0 Å². The first-order valence-electron chi connectivity index (χ1n) is 5.61. The Morgan fingerprint density at radius 3 is 2.76 bits per heavy atom. The van der Waals surface area contributed by atoms with Gasteiger partial charge in [-0.2, -0.15) is 5.26 Å². The SMILES string of the molecule is CC(C)NC(=O)CNCc1ccccc1C#N. The number of nitriles is 1. The highest BCUT2D eigenvalue weighted by molar-refractivity contribution is 5.78. The zero-order valence-corrected chi connectivity index (χ0v) is 10.2. The molecular formula is C13H17N3O. The van der Waals surface area contributed by atoms with Gasteiger partial charge >= 0.3 is 0 Å². The number of carbonyl (C=O) groups is 1. The minimum atomic E-state index is -0.0329. The van der Waals surface area contributed by atoms with E-state index in [2.05, 4.69) is 16.7 Å². The second-order valence-electron chi connectivity index (χ2n) is 4.09. The van der Waals surface area contributed by atoms with Crippen LogP contribution in [0, 0.1) is 11.3 Å². The van der Waals surface area contributed by atoms with E-state index in [4.69, 9.17) is 5.26 Å². The van der Waals surface area contributed by atoms with Gasteiger partial charge in [-0.3, -0.25) is 4.79 Å². The molecule has 17 heavy (non-hydrogen) atoms. The third kappa shape index (κ3) is 4.66. The molecule has 0 spiro atoms. The molecule has 0 saturated carbocycles. The third-order valence-corrected chi connectivity index (χ3v) is 2.19. The van der Waals surface area contributed by atoms with Crippen molar-refractivity contribution in [2.75, 3.05) is 6.54 Å². The quantitative estimate of drug-likeness (QED) is 0.799. The predicted molar refractivity (Wildman–Crippen MR) is 66.1 cm³/mol. The highest BCUT2D eigenvalue weighted by Crippen LogP contribution is 2.06. The number of benzene rings is 1. The van der Waals surface area contributed by atoms with Crippen LogP contribution in [0.3, 0.4) is 0 Å². The third-order valence-electron chi connectivity index (χ3n) is 2.19. The van der Waals surface area contributed by atoms with E-state index in [-0.39, 0.29) is 18.5 Å². The lowest BCUT2D eigenvalue weighted by Gasteiger charge is -2.09. The lowest BCUT2D eigenvalue weighted by atomic mass is 10.1. The molecule has 0 unspecified atom stereocenters. The summed E-state index contributed by atoms with van der Waals surface area (Å²) in [5, 5.41) is 14.7. The van der Waals surface area contributed by atoms with Gasteiger partial charge in [-0.25, -0.2) is 0 Å². The van der Waals surface area contributed by atoms with E-state index in [0.29, 0.717) is 12.1 Å². The largest absolute Gasteiger partial charge is 0.353 e. The van der Waals surface area contributed by atoms with Crippen molar-refractivity contribution < 1.29 is 4.79 Å². The first-order chi connectivity index (χ1) is 8.13. The van der Waals surface area contributed by atoms with Gasteiger partial charge in [0.2, 0.25) is 5.91 Å². The molecule has 0 aliphatic rings. The predicted octanol–water partition coefficient (Wildman–Crippen LogP) is 1.17. The zero-order chi connectivity index (χ0) is 12.7. The molecule has 1 amide bonds. The summed E-state index contributed by atoms with van der Waals surface area (Å²) in [6.45, 7) is 4.62. The Balaban J connectivity index is 2.41. The first-order valence-corrected chi connectivity index (χ1v) is 5.61. The van der Waals surface area contributed by atoms with Crippen LogP contribution in [0.2, 0.25) is 0 Å². The smallest absolute Gasteiger partial charge is 0.234 e. The summed E-state index contributed by atoms with van der Waals surface area (Å²) in [7, 11) is 0. The molecule has 1 rings (SSSR count). The molecule has 0 heterocycles. The lowest BCUT2D eigenvalue weighted by Crippen LogP contribution is -2.37. The monoisotopic (exact) mass is 231 g/mol. The van der Waals surface area contributed by atoms with Crippen molar-refractivity contribution in [1.82, 2.24) is 10.6 Å². The van der Waals surface area contributed by atoms with Gasteiger partial charge in [0.25, 0.3) is 0 Å². The summed E-state index contributed by atoms with van der Waals surface area (Å²) in [4.78, 5) is 11.4. The number of hydrogen-bond acceptors (Lipinski definition) is 3. The summed E-state index contributed by atoms with van der Waals surface area (Å²) in [6, 6.07) is 9.63. The fraction of sp³-hybridized carbons (Fsp3) is 0.385. The van der Waals surface area contributed by atoms with Crippen molar-refractivity contribution in [3.8, 4) is 6.07 Å². The number of nitrogens with one attached hydrogen (secondary N) is 2. The van der Waals surface area contributed by atoms with Crippen molar-refractivity contribution in [3.05, 3.63) is 35.4 Å². The molecule has 0 saturated heterocycles. The average Bonchev–Trinajstić information content (AvgIpc) is 2.28. The van der Waals surface area contributed by atoms with Crippen LogP contribution < -0.4 is 10.6 Å². The zero-order valence-electron chi connectivity index (χ0n) is 10.2. The molecule has 0 bridgehead atoms. The van der Waals surface area contributed by atoms with Gasteiger partial charge in [-0.1, -0.05) is 18.2 Å². The maximum absolute atomic E-state index is 11.4. The molecule has 0 radical (unpaired) electrons. The first kappa shape index (κ1) is 13.2. The van der Waals surface area contributed by atoms with E-state index < -0.39 is 0 Å². The van der Waals surface area contributed by atoms with Crippen molar-refractivity contribution >= 4 is 5.91 Å². The van der Waals surface area contributed by atoms with Crippen LogP contribution in [0.1, 0.15) is 25.0 Å². The minimum Gasteiger partial charge on any atom is -0.353 e. The Hall–Kier alpha value is -1.86. The maximum atomic E-state index is 11.4. The second kappa shape index (κ2) is 6.66. The van der Waals surface area contributed by atoms with E-state index in [1.165, 1.54) is 0 Å². The number of amides is 1. The topological polar surface area (TPSA) is 64.9 Å². The van der Waals surface area contributed by atoms with Gasteiger partial charge in [0, 0.05) is 12.6 Å². The molecule has 1 aromatic rings. The van der Waals surface area contributed by atoms with Crippen LogP contribution in [0.5, 0.6) is 0 Å². The fourth-order valence-electron chi connectivity index (χ4n) is 1.47. The lowest BCUT2D eigenvalue weighted by molar-refractivity contribution is -0.120. The molecule has 0 aromatic heterocycles. The molecule has 0 aliphatic carbocycles. The summed E-state index contributed by atoms with van der Waals surface area (Å²) in [5.74, 6) is -0.0329. The van der Waals surface area contributed by atoms with Crippen LogP contribution in [-0.2, 0) is 11.3 Å². The van der Waals surface area contributed by atoms with E-state index in [9.17, 15) is 4.79 Å². The van der Waals surface area contributed by atoms with Crippen LogP contribution in [0.4, 0.5) is 0 Å². The van der Waals surface area contributed by atoms with Crippen LogP contribution in [0.15, 0.2) is 24.3 Å². The standard InChI is InChI=1S/C13H17N3O/c1-10(2)16-13(17)9-15-8-12-6-4-3-5-11(12)7-14/h3-6,10,15H,8-9H2,1-2H3,(H,16,17). The van der Waals surface area contributed by atoms with Gasteiger partial charge in [-0.05, 0) is 25.5 Å². The molecule has 2 N–H and O–H groups in total. The van der Waals surface area contributed by atoms with E-state index in [1.807, 2.05) is 32.0 Å². The van der Waals surface area contributed by atoms with Crippen molar-refractivity contribution in [2.45, 2.75) is 26.4 Å². The molecule has 1 aromatic carbocycles. The number of hydrogen-bond donors (Lipinski definition) is 2. The van der Waals surface area contributed by atoms with Crippen molar-refractivity contribution in [1.29, 1.82) is 5.26 Å². The summed E-state index contributed by atoms with van der Waals surface area (Å²) in [6.07, 6.45) is 0. The molecular weight excluding hydrogens is 214 g/mol. The minimum absolute atomic E-state index is 0.0329. The Morgan fingerprint density at radius 2 is 2.12 bits per heavy atom. The van der Waals surface area contributed by atoms with Gasteiger partial charge in [0.15, 0.2) is 0 Å². The van der Waals surface area contributed by atoms with E-state index in [0.717, 1.165) is 5.56 Å². The van der Waals surface area contributed by atoms with Crippen molar-refractivity contribution in [2.24, 2.45) is 0 Å². The summed E-state index contributed by atoms with van der Waals surface area (Å²) in [5.41, 5.74) is 1.55. The van der Waals surface area contributed by atoms with Crippen LogP contribution in [0.25, 0.3) is 0 Å². The second-order valence-corrected chi connectivity index (χ2v) is 4.09. The number of carbonyl (C=O) groups excluding carboxylic acids is 1. The average molecular weight is 231 g/mol. The Labute approximate surface area is 102 Å². The Kier molecular flexibility index (Phi) is 5.18. The molecule has 0 atom stereocenters. The van der Waals surface area contributed by atoms with E-state index in [1.54, 1.807) is 6.07 Å². The molecule has 4 heteroatoms. The highest BCUT2D eigenvalue weighted by atomic mass is 16.1. The van der Waals surface area contributed by atoms with Gasteiger partial charge in [-0.15, -0.1) is 0 Å².